The number of aryl methyl sites for hydroxylation is 2. The third-order valence-corrected chi connectivity index (χ3v) is 3.15. The molecule has 17 heavy (non-hydrogen) atoms. The molecule has 1 aromatic heterocycles. The van der Waals surface area contributed by atoms with Gasteiger partial charge in [-0.05, 0) is 44.4 Å². The smallest absolute Gasteiger partial charge is 0.0678 e. The number of nitrogens with zero attached hydrogens (tertiary/aromatic N) is 2. The van der Waals surface area contributed by atoms with E-state index in [1.54, 1.807) is 0 Å². The van der Waals surface area contributed by atoms with Crippen LogP contribution in [0.15, 0.2) is 24.3 Å². The lowest BCUT2D eigenvalue weighted by Crippen LogP contribution is -2.02. The summed E-state index contributed by atoms with van der Waals surface area (Å²) in [5.41, 5.74) is 5.58. The molecule has 0 bridgehead atoms. The molecule has 2 aromatic rings. The van der Waals surface area contributed by atoms with Gasteiger partial charge in [0.25, 0.3) is 0 Å². The van der Waals surface area contributed by atoms with Crippen LogP contribution in [0.25, 0.3) is 5.69 Å². The first-order chi connectivity index (χ1) is 8.15. The number of para-hydroxylation sites is 1. The maximum absolute atomic E-state index is 9.07. The summed E-state index contributed by atoms with van der Waals surface area (Å²) < 4.78 is 1.97. The summed E-state index contributed by atoms with van der Waals surface area (Å²) in [7, 11) is 0. The number of hydrogen-bond acceptors (Lipinski definition) is 2. The van der Waals surface area contributed by atoms with Gasteiger partial charge in [-0.2, -0.15) is 5.10 Å². The van der Waals surface area contributed by atoms with Crippen molar-refractivity contribution in [3.8, 4) is 5.69 Å². The molecule has 1 N–H and O–H groups in total. The van der Waals surface area contributed by atoms with E-state index in [0.29, 0.717) is 6.42 Å². The third-order valence-electron chi connectivity index (χ3n) is 3.15. The summed E-state index contributed by atoms with van der Waals surface area (Å²) in [6, 6.07) is 8.19. The Hall–Kier alpha value is -1.61. The highest BCUT2D eigenvalue weighted by Gasteiger charge is 2.12. The normalized spacial score (nSPS) is 10.8. The van der Waals surface area contributed by atoms with Gasteiger partial charge in [0, 0.05) is 12.3 Å². The van der Waals surface area contributed by atoms with Crippen LogP contribution in [0.1, 0.15) is 22.5 Å². The van der Waals surface area contributed by atoms with Gasteiger partial charge < -0.3 is 5.11 Å². The highest BCUT2D eigenvalue weighted by molar-refractivity contribution is 5.42. The average molecular weight is 230 g/mol. The average Bonchev–Trinajstić information content (AvgIpc) is 2.58. The van der Waals surface area contributed by atoms with Gasteiger partial charge in [0.15, 0.2) is 0 Å². The second kappa shape index (κ2) is 4.72. The zero-order valence-corrected chi connectivity index (χ0v) is 10.6. The number of aromatic nitrogens is 2. The number of aliphatic hydroxyl groups is 1. The van der Waals surface area contributed by atoms with Crippen LogP contribution in [0.3, 0.4) is 0 Å². The van der Waals surface area contributed by atoms with Gasteiger partial charge in [0.05, 0.1) is 11.4 Å². The molecule has 0 unspecified atom stereocenters. The SMILES string of the molecule is Cc1ccccc1-n1nc(C)c(CCO)c1C. The van der Waals surface area contributed by atoms with Crippen LogP contribution < -0.4 is 0 Å². The quantitative estimate of drug-likeness (QED) is 0.878. The van der Waals surface area contributed by atoms with Crippen LogP contribution >= 0.6 is 0 Å². The molecule has 0 aliphatic carbocycles. The van der Waals surface area contributed by atoms with Gasteiger partial charge in [-0.1, -0.05) is 18.2 Å². The molecule has 0 saturated carbocycles. The maximum atomic E-state index is 9.07. The zero-order chi connectivity index (χ0) is 12.4. The minimum absolute atomic E-state index is 0.168. The van der Waals surface area contributed by atoms with Crippen molar-refractivity contribution in [2.75, 3.05) is 6.61 Å². The number of aliphatic hydroxyl groups excluding tert-OH is 1. The summed E-state index contributed by atoms with van der Waals surface area (Å²) in [6.45, 7) is 6.29. The van der Waals surface area contributed by atoms with Crippen molar-refractivity contribution >= 4 is 0 Å². The molecule has 1 aromatic carbocycles. The maximum Gasteiger partial charge on any atom is 0.0678 e. The Morgan fingerprint density at radius 3 is 2.53 bits per heavy atom. The van der Waals surface area contributed by atoms with E-state index in [-0.39, 0.29) is 6.61 Å². The number of hydrogen-bond donors (Lipinski definition) is 1. The first-order valence-corrected chi connectivity index (χ1v) is 5.87. The molecule has 2 rings (SSSR count). The van der Waals surface area contributed by atoms with E-state index in [1.165, 1.54) is 5.56 Å². The van der Waals surface area contributed by atoms with E-state index in [9.17, 15) is 0 Å². The van der Waals surface area contributed by atoms with Gasteiger partial charge in [0.2, 0.25) is 0 Å². The van der Waals surface area contributed by atoms with Crippen molar-refractivity contribution in [3.05, 3.63) is 46.8 Å². The fourth-order valence-electron chi connectivity index (χ4n) is 2.18. The van der Waals surface area contributed by atoms with E-state index in [2.05, 4.69) is 31.1 Å². The monoisotopic (exact) mass is 230 g/mol. The molecule has 0 aliphatic rings. The van der Waals surface area contributed by atoms with Gasteiger partial charge in [0.1, 0.15) is 0 Å². The van der Waals surface area contributed by atoms with Crippen LogP contribution in [0.5, 0.6) is 0 Å². The van der Waals surface area contributed by atoms with E-state index in [4.69, 9.17) is 5.11 Å². The Bertz CT molecular complexity index is 529. The molecular formula is C14H18N2O. The molecule has 0 aliphatic heterocycles. The van der Waals surface area contributed by atoms with Crippen LogP contribution in [-0.4, -0.2) is 21.5 Å². The Kier molecular flexibility index (Phi) is 3.29. The Morgan fingerprint density at radius 2 is 1.88 bits per heavy atom. The highest BCUT2D eigenvalue weighted by atomic mass is 16.2. The molecule has 0 radical (unpaired) electrons. The van der Waals surface area contributed by atoms with Gasteiger partial charge in [-0.3, -0.25) is 0 Å². The molecule has 3 nitrogen and oxygen atoms in total. The molecule has 0 fully saturated rings. The first kappa shape index (κ1) is 11.9. The van der Waals surface area contributed by atoms with Crippen LogP contribution in [0.2, 0.25) is 0 Å². The predicted octanol–water partition coefficient (Wildman–Crippen LogP) is 2.33. The van der Waals surface area contributed by atoms with Crippen molar-refractivity contribution in [1.29, 1.82) is 0 Å². The van der Waals surface area contributed by atoms with E-state index in [1.807, 2.05) is 23.7 Å². The molecule has 0 spiro atoms. The number of benzene rings is 1. The summed E-state index contributed by atoms with van der Waals surface area (Å²) in [4.78, 5) is 0. The summed E-state index contributed by atoms with van der Waals surface area (Å²) in [6.07, 6.45) is 0.670. The predicted molar refractivity (Wildman–Crippen MR) is 68.6 cm³/mol. The van der Waals surface area contributed by atoms with Crippen molar-refractivity contribution in [3.63, 3.8) is 0 Å². The van der Waals surface area contributed by atoms with Gasteiger partial charge in [-0.15, -0.1) is 0 Å². The second-order valence-corrected chi connectivity index (χ2v) is 4.32. The molecule has 1 heterocycles. The summed E-state index contributed by atoms with van der Waals surface area (Å²) in [5.74, 6) is 0. The van der Waals surface area contributed by atoms with Crippen LogP contribution in [-0.2, 0) is 6.42 Å². The van der Waals surface area contributed by atoms with Crippen molar-refractivity contribution in [2.24, 2.45) is 0 Å². The Balaban J connectivity index is 2.54. The van der Waals surface area contributed by atoms with Gasteiger partial charge >= 0.3 is 0 Å². The fraction of sp³-hybridized carbons (Fsp3) is 0.357. The lowest BCUT2D eigenvalue weighted by molar-refractivity contribution is 0.299. The first-order valence-electron chi connectivity index (χ1n) is 5.87. The summed E-state index contributed by atoms with van der Waals surface area (Å²) >= 11 is 0. The molecule has 0 amide bonds. The summed E-state index contributed by atoms with van der Waals surface area (Å²) in [5, 5.41) is 13.6. The topological polar surface area (TPSA) is 38.0 Å². The lowest BCUT2D eigenvalue weighted by Gasteiger charge is -2.08. The Labute approximate surface area is 102 Å². The standard InChI is InChI=1S/C14H18N2O/c1-10-6-4-5-7-14(10)16-12(3)13(8-9-17)11(2)15-16/h4-7,17H,8-9H2,1-3H3. The zero-order valence-electron chi connectivity index (χ0n) is 10.6. The highest BCUT2D eigenvalue weighted by Crippen LogP contribution is 2.20. The minimum Gasteiger partial charge on any atom is -0.396 e. The van der Waals surface area contributed by atoms with Crippen molar-refractivity contribution < 1.29 is 5.11 Å². The molecule has 3 heteroatoms. The third kappa shape index (κ3) is 2.11. The van der Waals surface area contributed by atoms with Crippen molar-refractivity contribution in [2.45, 2.75) is 27.2 Å². The van der Waals surface area contributed by atoms with E-state index < -0.39 is 0 Å². The van der Waals surface area contributed by atoms with E-state index in [0.717, 1.165) is 22.6 Å². The molecule has 0 atom stereocenters. The van der Waals surface area contributed by atoms with Crippen molar-refractivity contribution in [1.82, 2.24) is 9.78 Å². The lowest BCUT2D eigenvalue weighted by atomic mass is 10.1. The van der Waals surface area contributed by atoms with E-state index >= 15 is 0 Å². The molecular weight excluding hydrogens is 212 g/mol. The van der Waals surface area contributed by atoms with Crippen LogP contribution in [0, 0.1) is 20.8 Å². The molecule has 0 saturated heterocycles. The Morgan fingerprint density at radius 1 is 1.18 bits per heavy atom. The van der Waals surface area contributed by atoms with Gasteiger partial charge in [-0.25, -0.2) is 4.68 Å². The number of rotatable bonds is 3. The minimum atomic E-state index is 0.168. The van der Waals surface area contributed by atoms with Crippen LogP contribution in [0.4, 0.5) is 0 Å². The fourth-order valence-corrected chi connectivity index (χ4v) is 2.18. The largest absolute Gasteiger partial charge is 0.396 e. The molecule has 90 valence electrons. The second-order valence-electron chi connectivity index (χ2n) is 4.32.